The molecule has 0 aliphatic heterocycles. The summed E-state index contributed by atoms with van der Waals surface area (Å²) in [5.41, 5.74) is -29.4. The van der Waals surface area contributed by atoms with E-state index in [9.17, 15) is 110 Å². The van der Waals surface area contributed by atoms with Crippen molar-refractivity contribution in [2.24, 2.45) is 0 Å². The Morgan fingerprint density at radius 2 is 0.588 bits per heavy atom. The van der Waals surface area contributed by atoms with E-state index in [1.807, 2.05) is 53.4 Å². The molecule has 3 nitrogen and oxygen atoms in total. The lowest BCUT2D eigenvalue weighted by molar-refractivity contribution is -0.683. The third-order valence-electron chi connectivity index (χ3n) is 12.5. The number of carbonyl (C=O) groups excluding carboxylic acids is 1. The molecule has 0 saturated carbocycles. The van der Waals surface area contributed by atoms with E-state index in [0.29, 0.717) is 6.54 Å². The van der Waals surface area contributed by atoms with Crippen molar-refractivity contribution >= 4 is 55.3 Å². The van der Waals surface area contributed by atoms with Gasteiger partial charge in [0.1, 0.15) is 6.15 Å². The van der Waals surface area contributed by atoms with Crippen molar-refractivity contribution in [3.63, 3.8) is 0 Å². The number of rotatable bonds is 7. The summed E-state index contributed by atoms with van der Waals surface area (Å²) in [5, 5.41) is 4.19. The second-order valence-corrected chi connectivity index (χ2v) is 17.8. The molecule has 0 bridgehead atoms. The summed E-state index contributed by atoms with van der Waals surface area (Å²) in [6.45, 7) is 0.306. The predicted molar refractivity (Wildman–Crippen MR) is 240 cm³/mol. The van der Waals surface area contributed by atoms with Crippen molar-refractivity contribution in [2.75, 3.05) is 0 Å². The number of ketones is 1. The fraction of sp³-hybridized carbons (Fsp3) is 0.173. The molecule has 8 rings (SSSR count). The first-order valence-corrected chi connectivity index (χ1v) is 22.2. The van der Waals surface area contributed by atoms with Crippen LogP contribution in [0.4, 0.5) is 105 Å². The van der Waals surface area contributed by atoms with E-state index in [4.69, 9.17) is 0 Å². The van der Waals surface area contributed by atoms with Gasteiger partial charge in [0, 0.05) is 5.56 Å². The highest BCUT2D eigenvalue weighted by atomic mass is 19.4. The zero-order chi connectivity index (χ0) is 59.6. The van der Waals surface area contributed by atoms with Crippen LogP contribution in [0.15, 0.2) is 152 Å². The quantitative estimate of drug-likeness (QED) is 0.0524. The SMILES string of the molecule is FC(F)(F)c1cc([B-](c2cc(C(F)(F)F)cc(C(F)(F)F)c2)(c2cc(C(F)(F)F)cc(C(F)(F)F)c2)c2cc(C(F)(F)F)cc(C(F)(F)F)c2)cc(C(F)(F)F)c1.O=C(C[n+]1ccncc1)c1c2ccccc2cc2ccccc12. The Morgan fingerprint density at radius 3 is 0.825 bits per heavy atom. The summed E-state index contributed by atoms with van der Waals surface area (Å²) in [4.78, 5) is 17.0. The van der Waals surface area contributed by atoms with E-state index >= 15 is 0 Å². The van der Waals surface area contributed by atoms with E-state index in [1.54, 1.807) is 12.4 Å². The summed E-state index contributed by atoms with van der Waals surface area (Å²) >= 11 is 0. The minimum Gasteiger partial charge on any atom is -0.287 e. The van der Waals surface area contributed by atoms with Crippen molar-refractivity contribution in [1.29, 1.82) is 0 Å². The molecule has 0 N–H and O–H groups in total. The van der Waals surface area contributed by atoms with Crippen molar-refractivity contribution in [3.8, 4) is 0 Å². The first-order chi connectivity index (χ1) is 36.6. The highest BCUT2D eigenvalue weighted by Crippen LogP contribution is 2.42. The number of benzene rings is 7. The molecule has 0 amide bonds. The Labute approximate surface area is 432 Å². The predicted octanol–water partition coefficient (Wildman–Crippen LogP) is 14.8. The lowest BCUT2D eigenvalue weighted by Gasteiger charge is -2.46. The van der Waals surface area contributed by atoms with Gasteiger partial charge >= 0.3 is 49.4 Å². The Morgan fingerprint density at radius 1 is 0.350 bits per heavy atom. The van der Waals surface area contributed by atoms with Crippen LogP contribution in [-0.4, -0.2) is 16.9 Å². The van der Waals surface area contributed by atoms with Crippen molar-refractivity contribution in [3.05, 3.63) is 202 Å². The first kappa shape index (κ1) is 59.8. The van der Waals surface area contributed by atoms with Crippen LogP contribution in [0, 0.1) is 0 Å². The number of alkyl halides is 24. The molecule has 28 heteroatoms. The lowest BCUT2D eigenvalue weighted by Crippen LogP contribution is -2.75. The molecule has 0 spiro atoms. The number of hydrogen-bond acceptors (Lipinski definition) is 2. The van der Waals surface area contributed by atoms with Gasteiger partial charge in [0.15, 0.2) is 12.4 Å². The largest absolute Gasteiger partial charge is 0.416 e. The van der Waals surface area contributed by atoms with Crippen molar-refractivity contribution in [1.82, 2.24) is 4.98 Å². The van der Waals surface area contributed by atoms with Crippen LogP contribution in [0.5, 0.6) is 0 Å². The van der Waals surface area contributed by atoms with Crippen LogP contribution in [0.2, 0.25) is 0 Å². The standard InChI is InChI=1S/C32H12BF24.C20H15N2O/c34-25(35,36)13-1-14(26(37,38)39)6-21(5-13)33(22-7-15(27(40,41)42)2-16(8-22)28(43,44)45,23-9-17(29(46,47)48)3-18(10-23)30(49,50)51)24-11-19(31(52,53)54)4-20(12-24)32(55,56)57;23-19(14-22-11-9-21-10-12-22)20-17-7-3-1-5-15(17)13-16-6-2-4-8-18(16)20/h1-12H;1-13H,14H2/q-1;+1. The number of carbonyl (C=O) groups is 1. The fourth-order valence-corrected chi connectivity index (χ4v) is 9.08. The summed E-state index contributed by atoms with van der Waals surface area (Å²) in [7, 11) is 0. The molecule has 1 heterocycles. The molecule has 0 aliphatic rings. The fourth-order valence-electron chi connectivity index (χ4n) is 9.08. The van der Waals surface area contributed by atoms with Crippen LogP contribution < -0.4 is 26.4 Å². The van der Waals surface area contributed by atoms with E-state index in [2.05, 4.69) is 23.2 Å². The highest BCUT2D eigenvalue weighted by molar-refractivity contribution is 7.20. The Balaban J connectivity index is 0.000000329. The van der Waals surface area contributed by atoms with Crippen LogP contribution in [-0.2, 0) is 56.0 Å². The number of fused-ring (bicyclic) bond motifs is 2. The van der Waals surface area contributed by atoms with Gasteiger partial charge in [-0.3, -0.25) is 9.78 Å². The average molecular weight is 1160 g/mol. The number of nitrogens with zero attached hydrogens (tertiary/aromatic N) is 2. The topological polar surface area (TPSA) is 33.8 Å². The summed E-state index contributed by atoms with van der Waals surface area (Å²) in [6.07, 6.45) is -47.8. The molecule has 0 saturated heterocycles. The lowest BCUT2D eigenvalue weighted by atomic mass is 9.12. The van der Waals surface area contributed by atoms with Crippen LogP contribution >= 0.6 is 0 Å². The smallest absolute Gasteiger partial charge is 0.287 e. The molecule has 0 unspecified atom stereocenters. The van der Waals surface area contributed by atoms with Gasteiger partial charge in [-0.1, -0.05) is 97.1 Å². The maximum Gasteiger partial charge on any atom is 0.416 e. The Hall–Kier alpha value is -7.81. The zero-order valence-corrected chi connectivity index (χ0v) is 39.1. The summed E-state index contributed by atoms with van der Waals surface area (Å²) in [6, 6.07) is 9.44. The van der Waals surface area contributed by atoms with Crippen LogP contribution in [0.3, 0.4) is 0 Å². The number of Topliss-reactive ketones (excluding diaryl/α,β-unsaturated/α-hetero) is 1. The monoisotopic (exact) mass is 1160 g/mol. The first-order valence-electron chi connectivity index (χ1n) is 22.2. The molecule has 0 radical (unpaired) electrons. The molecule has 0 fully saturated rings. The van der Waals surface area contributed by atoms with E-state index in [-0.39, 0.29) is 5.78 Å². The van der Waals surface area contributed by atoms with E-state index in [0.717, 1.165) is 27.1 Å². The number of halogens is 24. The molecule has 0 atom stereocenters. The maximum atomic E-state index is 14.2. The van der Waals surface area contributed by atoms with Gasteiger partial charge in [-0.25, -0.2) is 0 Å². The minimum atomic E-state index is -6.13. The minimum absolute atomic E-state index is 0.106. The highest BCUT2D eigenvalue weighted by Gasteiger charge is 2.47. The van der Waals surface area contributed by atoms with Gasteiger partial charge < -0.3 is 0 Å². The molecular formula is C52H27BF24N2O. The third kappa shape index (κ3) is 12.8. The van der Waals surface area contributed by atoms with E-state index in [1.165, 1.54) is 0 Å². The summed E-state index contributed by atoms with van der Waals surface area (Å²) < 4.78 is 343. The van der Waals surface area contributed by atoms with Crippen LogP contribution in [0.25, 0.3) is 21.5 Å². The molecule has 422 valence electrons. The summed E-state index contributed by atoms with van der Waals surface area (Å²) in [5.74, 6) is 0.106. The second kappa shape index (κ2) is 20.7. The molecule has 1 aromatic heterocycles. The van der Waals surface area contributed by atoms with Crippen molar-refractivity contribution < 1.29 is 115 Å². The third-order valence-corrected chi connectivity index (χ3v) is 12.5. The van der Waals surface area contributed by atoms with Crippen molar-refractivity contribution in [2.45, 2.75) is 56.0 Å². The molecular weight excluding hydrogens is 1140 g/mol. The Bertz CT molecular complexity index is 3120. The zero-order valence-electron chi connectivity index (χ0n) is 39.1. The van der Waals surface area contributed by atoms with Gasteiger partial charge in [0.25, 0.3) is 0 Å². The maximum absolute atomic E-state index is 14.2. The molecule has 80 heavy (non-hydrogen) atoms. The van der Waals surface area contributed by atoms with Gasteiger partial charge in [-0.2, -0.15) is 132 Å². The number of hydrogen-bond donors (Lipinski definition) is 0. The second-order valence-electron chi connectivity index (χ2n) is 17.8. The molecule has 8 aromatic rings. The normalized spacial score (nSPS) is 13.3. The molecule has 0 aliphatic carbocycles. The van der Waals surface area contributed by atoms with Crippen LogP contribution in [0.1, 0.15) is 54.9 Å². The average Bonchev–Trinajstić information content (AvgIpc) is 3.50. The number of aromatic nitrogens is 2. The molecule has 7 aromatic carbocycles. The van der Waals surface area contributed by atoms with Gasteiger partial charge in [-0.05, 0) is 51.9 Å². The van der Waals surface area contributed by atoms with Gasteiger partial charge in [0.2, 0.25) is 12.3 Å². The van der Waals surface area contributed by atoms with Gasteiger partial charge in [-0.15, -0.1) is 0 Å². The van der Waals surface area contributed by atoms with Gasteiger partial charge in [0.05, 0.1) is 56.9 Å². The Kier molecular flexibility index (Phi) is 15.5. The van der Waals surface area contributed by atoms with E-state index < -0.39 is 195 Å².